The van der Waals surface area contributed by atoms with Gasteiger partial charge in [-0.1, -0.05) is 12.1 Å². The highest BCUT2D eigenvalue weighted by Gasteiger charge is 2.16. The summed E-state index contributed by atoms with van der Waals surface area (Å²) in [6.07, 6.45) is 4.50. The average Bonchev–Trinajstić information content (AvgIpc) is 2.94. The molecule has 1 aromatic carbocycles. The maximum Gasteiger partial charge on any atom is 0.331 e. The van der Waals surface area contributed by atoms with Crippen LogP contribution in [0.25, 0.3) is 6.08 Å². The molecule has 0 radical (unpaired) electrons. The quantitative estimate of drug-likeness (QED) is 0.334. The summed E-state index contributed by atoms with van der Waals surface area (Å²) in [4.78, 5) is 24.2. The van der Waals surface area contributed by atoms with Crippen LogP contribution < -0.4 is 4.74 Å². The largest absolute Gasteiger partial charge is 0.504 e. The zero-order chi connectivity index (χ0) is 20.0. The number of nitrogens with zero attached hydrogens (tertiary/aromatic N) is 1. The van der Waals surface area contributed by atoms with E-state index in [1.807, 2.05) is 18.4 Å². The van der Waals surface area contributed by atoms with E-state index in [4.69, 9.17) is 9.47 Å². The van der Waals surface area contributed by atoms with E-state index in [0.29, 0.717) is 23.4 Å². The highest BCUT2D eigenvalue weighted by Crippen LogP contribution is 2.26. The molecule has 6 heteroatoms. The molecule has 0 fully saturated rings. The van der Waals surface area contributed by atoms with Gasteiger partial charge in [-0.15, -0.1) is 6.58 Å². The molecule has 2 rings (SSSR count). The van der Waals surface area contributed by atoms with Gasteiger partial charge in [0.2, 0.25) is 5.78 Å². The minimum Gasteiger partial charge on any atom is -0.504 e. The van der Waals surface area contributed by atoms with Crippen LogP contribution in [0.4, 0.5) is 0 Å². The molecule has 0 aliphatic carbocycles. The fourth-order valence-electron chi connectivity index (χ4n) is 2.72. The van der Waals surface area contributed by atoms with E-state index in [1.54, 1.807) is 24.3 Å². The monoisotopic (exact) mass is 369 g/mol. The van der Waals surface area contributed by atoms with Gasteiger partial charge in [-0.3, -0.25) is 4.79 Å². The molecule has 6 nitrogen and oxygen atoms in total. The summed E-state index contributed by atoms with van der Waals surface area (Å²) in [7, 11) is 1.44. The van der Waals surface area contributed by atoms with Gasteiger partial charge in [0.1, 0.15) is 0 Å². The molecule has 1 aromatic heterocycles. The van der Waals surface area contributed by atoms with Crippen LogP contribution in [-0.4, -0.2) is 35.1 Å². The summed E-state index contributed by atoms with van der Waals surface area (Å²) in [5.41, 5.74) is 2.96. The first kappa shape index (κ1) is 20.0. The summed E-state index contributed by atoms with van der Waals surface area (Å²) in [5.74, 6) is -0.575. The molecule has 2 aromatic rings. The molecule has 1 heterocycles. The van der Waals surface area contributed by atoms with Crippen molar-refractivity contribution in [3.8, 4) is 11.5 Å². The second-order valence-electron chi connectivity index (χ2n) is 5.98. The van der Waals surface area contributed by atoms with Crippen molar-refractivity contribution in [3.63, 3.8) is 0 Å². The standard InChI is InChI=1S/C21H23NO5/c1-5-10-22-14(2)11-17(15(22)3)19(24)13-27-21(25)9-7-16-6-8-18(23)20(12-16)26-4/h5-9,11-12,23H,1,10,13H2,2-4H3. The Morgan fingerprint density at radius 3 is 2.67 bits per heavy atom. The lowest BCUT2D eigenvalue weighted by atomic mass is 10.1. The Morgan fingerprint density at radius 2 is 2.00 bits per heavy atom. The molecule has 0 amide bonds. The van der Waals surface area contributed by atoms with Gasteiger partial charge in [-0.25, -0.2) is 4.79 Å². The lowest BCUT2D eigenvalue weighted by Gasteiger charge is -2.06. The van der Waals surface area contributed by atoms with Crippen molar-refractivity contribution in [1.82, 2.24) is 4.57 Å². The lowest BCUT2D eigenvalue weighted by Crippen LogP contribution is -2.13. The number of phenols is 1. The minimum absolute atomic E-state index is 0.0110. The van der Waals surface area contributed by atoms with E-state index in [1.165, 1.54) is 25.3 Å². The molecule has 0 unspecified atom stereocenters. The number of rotatable bonds is 8. The predicted molar refractivity (Wildman–Crippen MR) is 103 cm³/mol. The zero-order valence-electron chi connectivity index (χ0n) is 15.7. The Kier molecular flexibility index (Phi) is 6.60. The summed E-state index contributed by atoms with van der Waals surface area (Å²) in [6.45, 7) is 7.75. The topological polar surface area (TPSA) is 77.8 Å². The molecular formula is C21H23NO5. The molecule has 27 heavy (non-hydrogen) atoms. The minimum atomic E-state index is -0.629. The van der Waals surface area contributed by atoms with Crippen molar-refractivity contribution < 1.29 is 24.2 Å². The second-order valence-corrected chi connectivity index (χ2v) is 5.98. The Balaban J connectivity index is 1.98. The van der Waals surface area contributed by atoms with Crippen LogP contribution in [0.15, 0.2) is 43.0 Å². The summed E-state index contributed by atoms with van der Waals surface area (Å²) >= 11 is 0. The Morgan fingerprint density at radius 1 is 1.26 bits per heavy atom. The number of carbonyl (C=O) groups excluding carboxylic acids is 2. The number of Topliss-reactive ketones (excluding diaryl/α,β-unsaturated/α-hetero) is 1. The predicted octanol–water partition coefficient (Wildman–Crippen LogP) is 3.44. The van der Waals surface area contributed by atoms with Crippen molar-refractivity contribution in [1.29, 1.82) is 0 Å². The maximum atomic E-state index is 12.4. The Bertz CT molecular complexity index is 892. The molecule has 0 aliphatic rings. The first-order valence-corrected chi connectivity index (χ1v) is 8.40. The van der Waals surface area contributed by atoms with Gasteiger partial charge < -0.3 is 19.1 Å². The second kappa shape index (κ2) is 8.89. The normalized spacial score (nSPS) is 10.8. The Labute approximate surface area is 158 Å². The number of hydrogen-bond acceptors (Lipinski definition) is 5. The van der Waals surface area contributed by atoms with E-state index >= 15 is 0 Å². The third kappa shape index (κ3) is 4.88. The third-order valence-corrected chi connectivity index (χ3v) is 4.15. The highest BCUT2D eigenvalue weighted by atomic mass is 16.5. The SMILES string of the molecule is C=CCn1c(C)cc(C(=O)COC(=O)C=Cc2ccc(O)c(OC)c2)c1C. The van der Waals surface area contributed by atoms with Crippen LogP contribution in [0.3, 0.4) is 0 Å². The number of esters is 1. The number of benzene rings is 1. The van der Waals surface area contributed by atoms with Gasteiger partial charge in [0.05, 0.1) is 7.11 Å². The summed E-state index contributed by atoms with van der Waals surface area (Å²) < 4.78 is 12.0. The number of ether oxygens (including phenoxy) is 2. The van der Waals surface area contributed by atoms with E-state index in [-0.39, 0.29) is 18.1 Å². The number of allylic oxidation sites excluding steroid dienone is 1. The van der Waals surface area contributed by atoms with Crippen LogP contribution in [0.2, 0.25) is 0 Å². The number of aryl methyl sites for hydroxylation is 1. The highest BCUT2D eigenvalue weighted by molar-refractivity contribution is 6.00. The number of carbonyl (C=O) groups is 2. The van der Waals surface area contributed by atoms with Crippen molar-refractivity contribution in [2.75, 3.05) is 13.7 Å². The fourth-order valence-corrected chi connectivity index (χ4v) is 2.72. The van der Waals surface area contributed by atoms with Gasteiger partial charge >= 0.3 is 5.97 Å². The number of methoxy groups -OCH3 is 1. The van der Waals surface area contributed by atoms with Gasteiger partial charge in [0, 0.05) is 29.6 Å². The maximum absolute atomic E-state index is 12.4. The Hall–Kier alpha value is -3.28. The van der Waals surface area contributed by atoms with Crippen LogP contribution >= 0.6 is 0 Å². The van der Waals surface area contributed by atoms with E-state index in [9.17, 15) is 14.7 Å². The van der Waals surface area contributed by atoms with Gasteiger partial charge in [0.25, 0.3) is 0 Å². The van der Waals surface area contributed by atoms with Gasteiger partial charge in [0.15, 0.2) is 18.1 Å². The molecule has 0 saturated carbocycles. The molecule has 0 saturated heterocycles. The van der Waals surface area contributed by atoms with E-state index in [0.717, 1.165) is 11.4 Å². The van der Waals surface area contributed by atoms with E-state index in [2.05, 4.69) is 6.58 Å². The molecule has 0 aliphatic heterocycles. The molecule has 0 atom stereocenters. The van der Waals surface area contributed by atoms with Crippen LogP contribution in [0.5, 0.6) is 11.5 Å². The molecular weight excluding hydrogens is 346 g/mol. The van der Waals surface area contributed by atoms with Crippen molar-refractivity contribution in [2.45, 2.75) is 20.4 Å². The number of aromatic nitrogens is 1. The van der Waals surface area contributed by atoms with Crippen LogP contribution in [0.1, 0.15) is 27.3 Å². The zero-order valence-corrected chi connectivity index (χ0v) is 15.7. The molecule has 1 N–H and O–H groups in total. The molecule has 0 spiro atoms. The van der Waals surface area contributed by atoms with Gasteiger partial charge in [-0.05, 0) is 43.7 Å². The number of hydrogen-bond donors (Lipinski definition) is 1. The fraction of sp³-hybridized carbons (Fsp3) is 0.238. The van der Waals surface area contributed by atoms with Crippen molar-refractivity contribution in [2.24, 2.45) is 0 Å². The number of ketones is 1. The number of phenolic OH excluding ortho intramolecular Hbond substituents is 1. The first-order valence-electron chi connectivity index (χ1n) is 8.40. The summed E-state index contributed by atoms with van der Waals surface area (Å²) in [5, 5.41) is 9.56. The third-order valence-electron chi connectivity index (χ3n) is 4.15. The van der Waals surface area contributed by atoms with Crippen molar-refractivity contribution >= 4 is 17.8 Å². The lowest BCUT2D eigenvalue weighted by molar-refractivity contribution is -0.136. The van der Waals surface area contributed by atoms with Crippen molar-refractivity contribution in [3.05, 3.63) is 65.5 Å². The average molecular weight is 369 g/mol. The molecule has 0 bridgehead atoms. The van der Waals surface area contributed by atoms with Crippen LogP contribution in [-0.2, 0) is 16.1 Å². The van der Waals surface area contributed by atoms with E-state index < -0.39 is 5.97 Å². The van der Waals surface area contributed by atoms with Crippen LogP contribution in [0, 0.1) is 13.8 Å². The first-order chi connectivity index (χ1) is 12.9. The smallest absolute Gasteiger partial charge is 0.331 e. The number of aromatic hydroxyl groups is 1. The summed E-state index contributed by atoms with van der Waals surface area (Å²) in [6, 6.07) is 6.46. The molecule has 142 valence electrons. The van der Waals surface area contributed by atoms with Gasteiger partial charge in [-0.2, -0.15) is 0 Å².